The SMILES string of the molecule is Cc1ccc2oc(=O)c(Cc3cc[c]cc3OCCCC3CCCNC3)cc2c1. The van der Waals surface area contributed by atoms with Crippen LogP contribution in [0.4, 0.5) is 0 Å². The maximum Gasteiger partial charge on any atom is 0.339 e. The third-order valence-corrected chi connectivity index (χ3v) is 5.67. The Bertz CT molecular complexity index is 1020. The Kier molecular flexibility index (Phi) is 6.30. The fourth-order valence-electron chi connectivity index (χ4n) is 4.07. The second-order valence-corrected chi connectivity index (χ2v) is 8.01. The molecule has 4 nitrogen and oxygen atoms in total. The van der Waals surface area contributed by atoms with Crippen molar-refractivity contribution in [3.63, 3.8) is 0 Å². The van der Waals surface area contributed by atoms with E-state index in [0.29, 0.717) is 24.2 Å². The molecule has 1 atom stereocenters. The van der Waals surface area contributed by atoms with Crippen molar-refractivity contribution >= 4 is 11.0 Å². The van der Waals surface area contributed by atoms with E-state index >= 15 is 0 Å². The third kappa shape index (κ3) is 5.07. The van der Waals surface area contributed by atoms with E-state index in [0.717, 1.165) is 47.7 Å². The van der Waals surface area contributed by atoms with E-state index in [1.807, 2.05) is 49.4 Å². The summed E-state index contributed by atoms with van der Waals surface area (Å²) < 4.78 is 11.6. The van der Waals surface area contributed by atoms with Crippen LogP contribution in [0.2, 0.25) is 0 Å². The lowest BCUT2D eigenvalue weighted by Crippen LogP contribution is -2.29. The molecule has 1 saturated heterocycles. The van der Waals surface area contributed by atoms with Gasteiger partial charge in [0, 0.05) is 17.4 Å². The molecule has 0 saturated carbocycles. The van der Waals surface area contributed by atoms with Crippen LogP contribution in [0.25, 0.3) is 11.0 Å². The molecule has 0 aliphatic carbocycles. The van der Waals surface area contributed by atoms with E-state index in [1.165, 1.54) is 19.3 Å². The molecule has 4 rings (SSSR count). The molecule has 1 fully saturated rings. The van der Waals surface area contributed by atoms with Gasteiger partial charge in [0.05, 0.1) is 6.61 Å². The molecule has 1 aliphatic heterocycles. The van der Waals surface area contributed by atoms with E-state index in [4.69, 9.17) is 9.15 Å². The smallest absolute Gasteiger partial charge is 0.339 e. The number of piperidine rings is 1. The summed E-state index contributed by atoms with van der Waals surface area (Å²) in [5, 5.41) is 4.42. The average Bonchev–Trinajstić information content (AvgIpc) is 2.74. The molecule has 1 N–H and O–H groups in total. The lowest BCUT2D eigenvalue weighted by molar-refractivity contribution is 0.274. The molecule has 0 bridgehead atoms. The molecule has 0 spiro atoms. The second kappa shape index (κ2) is 9.27. The van der Waals surface area contributed by atoms with Crippen molar-refractivity contribution in [1.29, 1.82) is 0 Å². The minimum Gasteiger partial charge on any atom is -0.493 e. The van der Waals surface area contributed by atoms with Gasteiger partial charge in [-0.1, -0.05) is 23.8 Å². The van der Waals surface area contributed by atoms with E-state index in [2.05, 4.69) is 11.4 Å². The van der Waals surface area contributed by atoms with E-state index in [-0.39, 0.29) is 5.63 Å². The van der Waals surface area contributed by atoms with Gasteiger partial charge in [0.25, 0.3) is 0 Å². The highest BCUT2D eigenvalue weighted by Crippen LogP contribution is 2.23. The number of nitrogens with one attached hydrogen (secondary N) is 1. The maximum atomic E-state index is 12.4. The van der Waals surface area contributed by atoms with Gasteiger partial charge in [-0.2, -0.15) is 0 Å². The molecule has 2 heterocycles. The molecule has 1 radical (unpaired) electrons. The number of ether oxygens (including phenoxy) is 1. The first-order chi connectivity index (χ1) is 14.2. The summed E-state index contributed by atoms with van der Waals surface area (Å²) in [5.41, 5.74) is 3.11. The first kappa shape index (κ1) is 19.7. The molecule has 4 heteroatoms. The number of aryl methyl sites for hydroxylation is 1. The predicted molar refractivity (Wildman–Crippen MR) is 116 cm³/mol. The Morgan fingerprint density at radius 1 is 1.24 bits per heavy atom. The van der Waals surface area contributed by atoms with Crippen LogP contribution in [0.3, 0.4) is 0 Å². The summed E-state index contributed by atoms with van der Waals surface area (Å²) in [4.78, 5) is 12.4. The molecule has 29 heavy (non-hydrogen) atoms. The summed E-state index contributed by atoms with van der Waals surface area (Å²) in [7, 11) is 0. The normalized spacial score (nSPS) is 16.8. The molecule has 0 amide bonds. The van der Waals surface area contributed by atoms with Crippen molar-refractivity contribution < 1.29 is 9.15 Å². The highest BCUT2D eigenvalue weighted by Gasteiger charge is 2.13. The summed E-state index contributed by atoms with van der Waals surface area (Å²) in [5.74, 6) is 1.57. The van der Waals surface area contributed by atoms with Crippen molar-refractivity contribution in [2.75, 3.05) is 19.7 Å². The Morgan fingerprint density at radius 3 is 3.03 bits per heavy atom. The molecule has 3 aromatic rings. The highest BCUT2D eigenvalue weighted by molar-refractivity contribution is 5.77. The van der Waals surface area contributed by atoms with Gasteiger partial charge in [-0.05, 0) is 87.5 Å². The summed E-state index contributed by atoms with van der Waals surface area (Å²) >= 11 is 0. The fraction of sp³-hybridized carbons (Fsp3) is 0.400. The number of fused-ring (bicyclic) bond motifs is 1. The first-order valence-electron chi connectivity index (χ1n) is 10.5. The summed E-state index contributed by atoms with van der Waals surface area (Å²) in [6.07, 6.45) is 5.30. The van der Waals surface area contributed by atoms with Gasteiger partial charge in [-0.25, -0.2) is 4.79 Å². The zero-order valence-electron chi connectivity index (χ0n) is 17.0. The minimum atomic E-state index is -0.287. The van der Waals surface area contributed by atoms with Gasteiger partial charge in [-0.15, -0.1) is 0 Å². The monoisotopic (exact) mass is 390 g/mol. The minimum absolute atomic E-state index is 0.287. The lowest BCUT2D eigenvalue weighted by atomic mass is 9.95. The average molecular weight is 391 g/mol. The number of benzene rings is 2. The zero-order valence-corrected chi connectivity index (χ0v) is 17.0. The molecular weight excluding hydrogens is 362 g/mol. The van der Waals surface area contributed by atoms with Crippen LogP contribution >= 0.6 is 0 Å². The van der Waals surface area contributed by atoms with Gasteiger partial charge in [0.1, 0.15) is 11.3 Å². The largest absolute Gasteiger partial charge is 0.493 e. The number of hydrogen-bond acceptors (Lipinski definition) is 4. The van der Waals surface area contributed by atoms with Crippen LogP contribution in [0.5, 0.6) is 5.75 Å². The highest BCUT2D eigenvalue weighted by atomic mass is 16.5. The first-order valence-corrected chi connectivity index (χ1v) is 10.5. The zero-order chi connectivity index (χ0) is 20.1. The van der Waals surface area contributed by atoms with Crippen LogP contribution < -0.4 is 15.7 Å². The molecule has 1 unspecified atom stereocenters. The molecule has 1 aromatic heterocycles. The second-order valence-electron chi connectivity index (χ2n) is 8.01. The Hall–Kier alpha value is -2.59. The topological polar surface area (TPSA) is 51.5 Å². The Labute approximate surface area is 171 Å². The summed E-state index contributed by atoms with van der Waals surface area (Å²) in [6.45, 7) is 5.00. The van der Waals surface area contributed by atoms with Crippen LogP contribution in [0, 0.1) is 18.9 Å². The predicted octanol–water partition coefficient (Wildman–Crippen LogP) is 4.65. The summed E-state index contributed by atoms with van der Waals surface area (Å²) in [6, 6.07) is 16.6. The van der Waals surface area contributed by atoms with Gasteiger partial charge in [-0.3, -0.25) is 0 Å². The van der Waals surface area contributed by atoms with Crippen LogP contribution in [0.1, 0.15) is 42.4 Å². The quantitative estimate of drug-likeness (QED) is 0.471. The van der Waals surface area contributed by atoms with Gasteiger partial charge in [0.2, 0.25) is 0 Å². The standard InChI is InChI=1S/C25H28NO3/c1-18-10-11-24-21(14-18)16-22(25(27)29-24)15-20-8-2-3-9-23(20)28-13-5-7-19-6-4-12-26-17-19/h2,8-11,14,16,19,26H,4-7,12-13,15,17H2,1H3. The van der Waals surface area contributed by atoms with Gasteiger partial charge in [0.15, 0.2) is 0 Å². The van der Waals surface area contributed by atoms with Crippen molar-refractivity contribution in [3.8, 4) is 5.75 Å². The van der Waals surface area contributed by atoms with Crippen molar-refractivity contribution in [3.05, 3.63) is 75.6 Å². The van der Waals surface area contributed by atoms with E-state index < -0.39 is 0 Å². The molecule has 151 valence electrons. The van der Waals surface area contributed by atoms with Crippen LogP contribution in [-0.4, -0.2) is 19.7 Å². The molecule has 1 aliphatic rings. The maximum absolute atomic E-state index is 12.4. The fourth-order valence-corrected chi connectivity index (χ4v) is 4.07. The van der Waals surface area contributed by atoms with Crippen molar-refractivity contribution in [2.45, 2.75) is 39.0 Å². The number of hydrogen-bond donors (Lipinski definition) is 1. The molecular formula is C25H28NO3. The third-order valence-electron chi connectivity index (χ3n) is 5.67. The van der Waals surface area contributed by atoms with Gasteiger partial charge >= 0.3 is 5.63 Å². The Morgan fingerprint density at radius 2 is 2.17 bits per heavy atom. The number of rotatable bonds is 7. The van der Waals surface area contributed by atoms with E-state index in [1.54, 1.807) is 0 Å². The van der Waals surface area contributed by atoms with Gasteiger partial charge < -0.3 is 14.5 Å². The van der Waals surface area contributed by atoms with E-state index in [9.17, 15) is 4.79 Å². The lowest BCUT2D eigenvalue weighted by Gasteiger charge is -2.22. The van der Waals surface area contributed by atoms with Crippen LogP contribution in [0.15, 0.2) is 51.7 Å². The van der Waals surface area contributed by atoms with Crippen LogP contribution in [-0.2, 0) is 6.42 Å². The van der Waals surface area contributed by atoms with Crippen molar-refractivity contribution in [2.24, 2.45) is 5.92 Å². The molecule has 2 aromatic carbocycles. The van der Waals surface area contributed by atoms with Crippen molar-refractivity contribution in [1.82, 2.24) is 5.32 Å². The Balaban J connectivity index is 1.43.